The van der Waals surface area contributed by atoms with Crippen LogP contribution in [0.5, 0.6) is 11.5 Å². The molecule has 1 heterocycles. The molecule has 1 aliphatic rings. The number of methoxy groups -OCH3 is 1. The number of hydrogen-bond donors (Lipinski definition) is 1. The van der Waals surface area contributed by atoms with Crippen LogP contribution in [0.2, 0.25) is 0 Å². The van der Waals surface area contributed by atoms with E-state index < -0.39 is 17.7 Å². The molecule has 0 spiro atoms. The molecule has 0 radical (unpaired) electrons. The Bertz CT molecular complexity index is 1070. The first kappa shape index (κ1) is 24.3. The number of likely N-dealkylation sites (N-methyl/N-ethyl adjacent to an activating group) is 1. The topological polar surface area (TPSA) is 79.3 Å². The van der Waals surface area contributed by atoms with Crippen molar-refractivity contribution in [2.24, 2.45) is 0 Å². The number of aliphatic hydroxyl groups excluding tert-OH is 1. The molecule has 1 N–H and O–H groups in total. The zero-order chi connectivity index (χ0) is 24.3. The van der Waals surface area contributed by atoms with Crippen LogP contribution in [0.1, 0.15) is 35.2 Å². The Hall–Kier alpha value is -3.32. The maximum absolute atomic E-state index is 13.2. The lowest BCUT2D eigenvalue weighted by Crippen LogP contribution is -2.35. The predicted octanol–water partition coefficient (Wildman–Crippen LogP) is 3.69. The van der Waals surface area contributed by atoms with E-state index in [0.717, 1.165) is 16.7 Å². The Morgan fingerprint density at radius 2 is 1.76 bits per heavy atom. The van der Waals surface area contributed by atoms with Crippen LogP contribution in [-0.4, -0.2) is 67.5 Å². The van der Waals surface area contributed by atoms with Crippen LogP contribution < -0.4 is 9.47 Å². The lowest BCUT2D eigenvalue weighted by Gasteiger charge is -2.27. The predicted molar refractivity (Wildman–Crippen MR) is 128 cm³/mol. The molecule has 0 aliphatic carbocycles. The minimum Gasteiger partial charge on any atom is -0.507 e. The number of carbonyl (C=O) groups excluding carboxylic acids is 2. The van der Waals surface area contributed by atoms with Crippen LogP contribution in [0.25, 0.3) is 5.76 Å². The van der Waals surface area contributed by atoms with Gasteiger partial charge < -0.3 is 24.4 Å². The molecule has 0 saturated carbocycles. The Labute approximate surface area is 195 Å². The number of nitrogens with zero attached hydrogens (tertiary/aromatic N) is 2. The number of Topliss-reactive ketones (excluding diaryl/α,β-unsaturated/α-hetero) is 1. The highest BCUT2D eigenvalue weighted by molar-refractivity contribution is 6.46. The van der Waals surface area contributed by atoms with Crippen molar-refractivity contribution in [3.8, 4) is 11.5 Å². The number of aryl methyl sites for hydroxylation is 2. The summed E-state index contributed by atoms with van der Waals surface area (Å²) in [5.74, 6) is -0.0762. The van der Waals surface area contributed by atoms with Crippen molar-refractivity contribution in [2.75, 3.05) is 40.9 Å². The van der Waals surface area contributed by atoms with Crippen LogP contribution in [0, 0.1) is 13.8 Å². The minimum absolute atomic E-state index is 0.0931. The summed E-state index contributed by atoms with van der Waals surface area (Å²) in [6.07, 6.45) is 0. The van der Waals surface area contributed by atoms with Gasteiger partial charge in [0.2, 0.25) is 0 Å². The number of rotatable bonds is 8. The van der Waals surface area contributed by atoms with E-state index >= 15 is 0 Å². The van der Waals surface area contributed by atoms with Gasteiger partial charge in [0.05, 0.1) is 25.3 Å². The Balaban J connectivity index is 2.17. The standard InChI is InChI=1S/C26H32N2O5/c1-7-33-19-10-8-18(9-11-19)23-22(25(30)26(31)28(23)13-12-27(4)5)24(29)20-14-17(3)21(32-6)15-16(20)2/h8-11,14-15,23,29H,7,12-13H2,1-6H3/b24-22+. The molecule has 7 heteroatoms. The molecule has 3 rings (SSSR count). The summed E-state index contributed by atoms with van der Waals surface area (Å²) in [7, 11) is 5.40. The summed E-state index contributed by atoms with van der Waals surface area (Å²) in [5, 5.41) is 11.3. The lowest BCUT2D eigenvalue weighted by atomic mass is 9.93. The first-order chi connectivity index (χ1) is 15.7. The van der Waals surface area contributed by atoms with Crippen molar-refractivity contribution in [1.82, 2.24) is 9.80 Å². The first-order valence-electron chi connectivity index (χ1n) is 11.0. The summed E-state index contributed by atoms with van der Waals surface area (Å²) < 4.78 is 10.9. The number of amides is 1. The second-order valence-electron chi connectivity index (χ2n) is 8.43. The van der Waals surface area contributed by atoms with Gasteiger partial charge in [-0.3, -0.25) is 9.59 Å². The third-order valence-corrected chi connectivity index (χ3v) is 5.83. The normalized spacial score (nSPS) is 17.7. The van der Waals surface area contributed by atoms with Gasteiger partial charge in [-0.2, -0.15) is 0 Å². The number of ketones is 1. The van der Waals surface area contributed by atoms with Crippen LogP contribution in [0.15, 0.2) is 42.0 Å². The number of likely N-dealkylation sites (tertiary alicyclic amines) is 1. The molecule has 176 valence electrons. The zero-order valence-electron chi connectivity index (χ0n) is 20.1. The van der Waals surface area contributed by atoms with Crippen LogP contribution >= 0.6 is 0 Å². The van der Waals surface area contributed by atoms with Crippen molar-refractivity contribution in [2.45, 2.75) is 26.8 Å². The SMILES string of the molecule is CCOc1ccc(C2/C(=C(\O)c3cc(C)c(OC)cc3C)C(=O)C(=O)N2CCN(C)C)cc1. The molecule has 1 fully saturated rings. The Kier molecular flexibility index (Phi) is 7.43. The van der Waals surface area contributed by atoms with Gasteiger partial charge in [0.25, 0.3) is 11.7 Å². The average molecular weight is 453 g/mol. The van der Waals surface area contributed by atoms with Crippen LogP contribution in [-0.2, 0) is 9.59 Å². The maximum atomic E-state index is 13.2. The Morgan fingerprint density at radius 1 is 1.09 bits per heavy atom. The van der Waals surface area contributed by atoms with Crippen LogP contribution in [0.3, 0.4) is 0 Å². The summed E-state index contributed by atoms with van der Waals surface area (Å²) in [6.45, 7) is 7.09. The third-order valence-electron chi connectivity index (χ3n) is 5.83. The molecule has 7 nitrogen and oxygen atoms in total. The van der Waals surface area contributed by atoms with E-state index in [4.69, 9.17) is 9.47 Å². The van der Waals surface area contributed by atoms with Crippen molar-refractivity contribution >= 4 is 17.4 Å². The van der Waals surface area contributed by atoms with Gasteiger partial charge in [-0.1, -0.05) is 12.1 Å². The fourth-order valence-corrected chi connectivity index (χ4v) is 4.09. The molecule has 2 aromatic rings. The second kappa shape index (κ2) is 10.1. The maximum Gasteiger partial charge on any atom is 0.295 e. The number of ether oxygens (including phenoxy) is 2. The molecule has 0 aromatic heterocycles. The quantitative estimate of drug-likeness (QED) is 0.374. The van der Waals surface area contributed by atoms with E-state index in [9.17, 15) is 14.7 Å². The van der Waals surface area contributed by atoms with E-state index in [-0.39, 0.29) is 11.3 Å². The highest BCUT2D eigenvalue weighted by Gasteiger charge is 2.46. The monoisotopic (exact) mass is 452 g/mol. The largest absolute Gasteiger partial charge is 0.507 e. The zero-order valence-corrected chi connectivity index (χ0v) is 20.1. The van der Waals surface area contributed by atoms with Crippen molar-refractivity contribution < 1.29 is 24.2 Å². The van der Waals surface area contributed by atoms with E-state index in [1.807, 2.05) is 70.1 Å². The number of carbonyl (C=O) groups is 2. The van der Waals surface area contributed by atoms with Gasteiger partial charge in [-0.25, -0.2) is 0 Å². The van der Waals surface area contributed by atoms with Crippen molar-refractivity contribution in [3.63, 3.8) is 0 Å². The molecule has 0 bridgehead atoms. The molecule has 1 atom stereocenters. The fourth-order valence-electron chi connectivity index (χ4n) is 4.09. The van der Waals surface area contributed by atoms with E-state index in [2.05, 4.69) is 0 Å². The molecular formula is C26H32N2O5. The number of benzene rings is 2. The number of aliphatic hydroxyl groups is 1. The smallest absolute Gasteiger partial charge is 0.295 e. The van der Waals surface area contributed by atoms with Gasteiger partial charge in [-0.05, 0) is 75.8 Å². The molecule has 1 saturated heterocycles. The van der Waals surface area contributed by atoms with Crippen molar-refractivity contribution in [1.29, 1.82) is 0 Å². The minimum atomic E-state index is -0.692. The van der Waals surface area contributed by atoms with Gasteiger partial charge in [0, 0.05) is 18.7 Å². The fraction of sp³-hybridized carbons (Fsp3) is 0.385. The summed E-state index contributed by atoms with van der Waals surface area (Å²) in [6, 6.07) is 10.2. The summed E-state index contributed by atoms with van der Waals surface area (Å²) >= 11 is 0. The van der Waals surface area contributed by atoms with E-state index in [1.165, 1.54) is 4.90 Å². The Morgan fingerprint density at radius 3 is 2.33 bits per heavy atom. The molecule has 2 aromatic carbocycles. The highest BCUT2D eigenvalue weighted by atomic mass is 16.5. The second-order valence-corrected chi connectivity index (χ2v) is 8.43. The van der Waals surface area contributed by atoms with E-state index in [0.29, 0.717) is 36.8 Å². The first-order valence-corrected chi connectivity index (χ1v) is 11.0. The van der Waals surface area contributed by atoms with Gasteiger partial charge in [-0.15, -0.1) is 0 Å². The molecule has 1 aliphatic heterocycles. The average Bonchev–Trinajstić information content (AvgIpc) is 3.04. The molecular weight excluding hydrogens is 420 g/mol. The molecule has 1 unspecified atom stereocenters. The molecule has 33 heavy (non-hydrogen) atoms. The summed E-state index contributed by atoms with van der Waals surface area (Å²) in [4.78, 5) is 29.7. The van der Waals surface area contributed by atoms with Gasteiger partial charge >= 0.3 is 0 Å². The van der Waals surface area contributed by atoms with Gasteiger partial charge in [0.1, 0.15) is 17.3 Å². The lowest BCUT2D eigenvalue weighted by molar-refractivity contribution is -0.140. The third kappa shape index (κ3) is 4.88. The molecule has 1 amide bonds. The van der Waals surface area contributed by atoms with Crippen molar-refractivity contribution in [3.05, 3.63) is 64.2 Å². The van der Waals surface area contributed by atoms with Gasteiger partial charge in [0.15, 0.2) is 0 Å². The van der Waals surface area contributed by atoms with E-state index in [1.54, 1.807) is 13.2 Å². The highest BCUT2D eigenvalue weighted by Crippen LogP contribution is 2.40. The number of hydrogen-bond acceptors (Lipinski definition) is 6. The summed E-state index contributed by atoms with van der Waals surface area (Å²) in [5.41, 5.74) is 2.91. The van der Waals surface area contributed by atoms with Crippen LogP contribution in [0.4, 0.5) is 0 Å².